The van der Waals surface area contributed by atoms with Gasteiger partial charge in [0, 0.05) is 22.2 Å². The summed E-state index contributed by atoms with van der Waals surface area (Å²) in [6, 6.07) is 15.3. The Bertz CT molecular complexity index is 1710. The van der Waals surface area contributed by atoms with E-state index in [4.69, 9.17) is 9.47 Å². The molecule has 0 aliphatic heterocycles. The van der Waals surface area contributed by atoms with E-state index in [-0.39, 0.29) is 9.34 Å². The summed E-state index contributed by atoms with van der Waals surface area (Å²) in [7, 11) is -2.16. The van der Waals surface area contributed by atoms with Crippen molar-refractivity contribution in [1.29, 1.82) is 0 Å². The van der Waals surface area contributed by atoms with E-state index in [0.29, 0.717) is 18.6 Å². The average molecular weight is 567 g/mol. The van der Waals surface area contributed by atoms with E-state index in [1.54, 1.807) is 12.5 Å². The molecule has 0 radical (unpaired) electrons. The summed E-state index contributed by atoms with van der Waals surface area (Å²) in [5.41, 5.74) is 5.12. The number of rotatable bonds is 9. The summed E-state index contributed by atoms with van der Waals surface area (Å²) in [5, 5.41) is 11.6. The lowest BCUT2D eigenvalue weighted by atomic mass is 10.1. The van der Waals surface area contributed by atoms with E-state index < -0.39 is 10.0 Å². The Morgan fingerprint density at radius 3 is 2.53 bits per heavy atom. The number of thiophene rings is 1. The van der Waals surface area contributed by atoms with Gasteiger partial charge in [-0.2, -0.15) is 0 Å². The van der Waals surface area contributed by atoms with Gasteiger partial charge in [0.15, 0.2) is 0 Å². The summed E-state index contributed by atoms with van der Waals surface area (Å²) < 4.78 is 40.7. The van der Waals surface area contributed by atoms with E-state index >= 15 is 0 Å². The van der Waals surface area contributed by atoms with Crippen LogP contribution >= 0.6 is 22.7 Å². The molecule has 38 heavy (non-hydrogen) atoms. The van der Waals surface area contributed by atoms with Crippen LogP contribution in [0, 0.1) is 13.8 Å². The number of methoxy groups -OCH3 is 1. The zero-order chi connectivity index (χ0) is 26.9. The summed E-state index contributed by atoms with van der Waals surface area (Å²) in [6.45, 7) is 6.26. The van der Waals surface area contributed by atoms with Crippen molar-refractivity contribution in [2.24, 2.45) is 0 Å². The molecule has 0 spiro atoms. The van der Waals surface area contributed by atoms with Gasteiger partial charge in [0.2, 0.25) is 5.13 Å². The highest BCUT2D eigenvalue weighted by atomic mass is 32.2. The van der Waals surface area contributed by atoms with Crippen LogP contribution in [-0.2, 0) is 23.1 Å². The second-order valence-corrected chi connectivity index (χ2v) is 12.5. The Kier molecular flexibility index (Phi) is 7.33. The fraction of sp³-hybridized carbons (Fsp3) is 0.222. The third kappa shape index (κ3) is 5.22. The van der Waals surface area contributed by atoms with Crippen molar-refractivity contribution in [3.8, 4) is 22.6 Å². The van der Waals surface area contributed by atoms with E-state index in [0.717, 1.165) is 49.8 Å². The first-order valence-electron chi connectivity index (χ1n) is 11.9. The van der Waals surface area contributed by atoms with Crippen LogP contribution < -0.4 is 14.2 Å². The van der Waals surface area contributed by atoms with Gasteiger partial charge in [0.05, 0.1) is 12.6 Å². The summed E-state index contributed by atoms with van der Waals surface area (Å²) in [5.74, 6) is 1.51. The largest absolute Gasteiger partial charge is 0.497 e. The lowest BCUT2D eigenvalue weighted by Gasteiger charge is -2.15. The Morgan fingerprint density at radius 2 is 1.82 bits per heavy atom. The number of aryl methyl sites for hydroxylation is 2. The molecule has 11 heteroatoms. The number of sulfonamides is 1. The zero-order valence-corrected chi connectivity index (χ0v) is 23.8. The fourth-order valence-electron chi connectivity index (χ4n) is 3.99. The van der Waals surface area contributed by atoms with Crippen molar-refractivity contribution < 1.29 is 17.9 Å². The number of pyridine rings is 1. The van der Waals surface area contributed by atoms with Crippen LogP contribution in [0.1, 0.15) is 28.8 Å². The molecule has 8 nitrogen and oxygen atoms in total. The first-order chi connectivity index (χ1) is 18.3. The Hall–Kier alpha value is -3.54. The van der Waals surface area contributed by atoms with Gasteiger partial charge in [-0.05, 0) is 61.0 Å². The van der Waals surface area contributed by atoms with Crippen molar-refractivity contribution >= 4 is 48.7 Å². The van der Waals surface area contributed by atoms with Gasteiger partial charge in [0.25, 0.3) is 10.0 Å². The van der Waals surface area contributed by atoms with Crippen LogP contribution in [0.25, 0.3) is 22.0 Å². The third-order valence-electron chi connectivity index (χ3n) is 6.13. The number of nitrogens with one attached hydrogen (secondary N) is 1. The van der Waals surface area contributed by atoms with Crippen molar-refractivity contribution in [2.75, 3.05) is 11.8 Å². The van der Waals surface area contributed by atoms with Gasteiger partial charge in [-0.1, -0.05) is 42.5 Å². The zero-order valence-electron chi connectivity index (χ0n) is 21.3. The van der Waals surface area contributed by atoms with E-state index in [1.165, 1.54) is 22.7 Å². The van der Waals surface area contributed by atoms with Crippen LogP contribution in [0.5, 0.6) is 11.5 Å². The molecule has 0 fully saturated rings. The summed E-state index contributed by atoms with van der Waals surface area (Å²) in [6.07, 6.45) is 0.699. The molecule has 0 bridgehead atoms. The van der Waals surface area contributed by atoms with Crippen LogP contribution in [0.2, 0.25) is 0 Å². The maximum atomic E-state index is 13.1. The Morgan fingerprint density at radius 1 is 1.03 bits per heavy atom. The molecule has 0 saturated carbocycles. The molecule has 0 amide bonds. The smallest absolute Gasteiger partial charge is 0.273 e. The molecule has 5 aromatic rings. The van der Waals surface area contributed by atoms with Gasteiger partial charge in [-0.3, -0.25) is 9.71 Å². The highest BCUT2D eigenvalue weighted by molar-refractivity contribution is 7.95. The molecule has 196 valence electrons. The van der Waals surface area contributed by atoms with Crippen molar-refractivity contribution in [3.63, 3.8) is 0 Å². The van der Waals surface area contributed by atoms with Gasteiger partial charge in [-0.15, -0.1) is 21.5 Å². The van der Waals surface area contributed by atoms with Crippen LogP contribution in [-0.4, -0.2) is 30.7 Å². The summed E-state index contributed by atoms with van der Waals surface area (Å²) >= 11 is 2.40. The maximum Gasteiger partial charge on any atom is 0.273 e. The second kappa shape index (κ2) is 10.7. The SMILES string of the molecule is CCc1nnc(NS(=O)(=O)c2sccc2-c2ccc(COc3c(C)c(C)nc4ccc(OC)cc34)cc2)s1. The highest BCUT2D eigenvalue weighted by Crippen LogP contribution is 2.35. The number of ether oxygens (including phenoxy) is 2. The summed E-state index contributed by atoms with van der Waals surface area (Å²) in [4.78, 5) is 4.67. The Balaban J connectivity index is 1.36. The molecule has 0 atom stereocenters. The molecule has 0 aliphatic rings. The quantitative estimate of drug-likeness (QED) is 0.221. The molecule has 2 aromatic carbocycles. The molecular formula is C27H26N4O4S3. The molecule has 0 aliphatic carbocycles. The van der Waals surface area contributed by atoms with Gasteiger partial charge in [0.1, 0.15) is 27.3 Å². The fourth-order valence-corrected chi connectivity index (χ4v) is 7.30. The monoisotopic (exact) mass is 566 g/mol. The molecular weight excluding hydrogens is 541 g/mol. The minimum absolute atomic E-state index is 0.234. The minimum Gasteiger partial charge on any atom is -0.497 e. The first kappa shape index (κ1) is 26.1. The Labute approximate surface area is 229 Å². The van der Waals surface area contributed by atoms with E-state index in [1.807, 2.05) is 69.3 Å². The number of hydrogen-bond donors (Lipinski definition) is 1. The van der Waals surface area contributed by atoms with Crippen molar-refractivity contribution in [3.05, 3.63) is 75.7 Å². The molecule has 3 aromatic heterocycles. The van der Waals surface area contributed by atoms with Gasteiger partial charge in [-0.25, -0.2) is 8.42 Å². The van der Waals surface area contributed by atoms with Crippen LogP contribution in [0.3, 0.4) is 0 Å². The molecule has 0 unspecified atom stereocenters. The first-order valence-corrected chi connectivity index (χ1v) is 15.1. The molecule has 5 rings (SSSR count). The minimum atomic E-state index is -3.80. The van der Waals surface area contributed by atoms with Gasteiger partial charge >= 0.3 is 0 Å². The molecule has 1 N–H and O–H groups in total. The second-order valence-electron chi connectivity index (χ2n) is 8.60. The third-order valence-corrected chi connectivity index (χ3v) is 10.1. The van der Waals surface area contributed by atoms with E-state index in [9.17, 15) is 8.42 Å². The van der Waals surface area contributed by atoms with E-state index in [2.05, 4.69) is 19.9 Å². The number of fused-ring (bicyclic) bond motifs is 1. The van der Waals surface area contributed by atoms with Crippen LogP contribution in [0.4, 0.5) is 5.13 Å². The predicted molar refractivity (Wildman–Crippen MR) is 152 cm³/mol. The normalized spacial score (nSPS) is 11.6. The molecule has 0 saturated heterocycles. The van der Waals surface area contributed by atoms with Gasteiger partial charge < -0.3 is 9.47 Å². The molecule has 3 heterocycles. The number of nitrogens with zero attached hydrogens (tertiary/aromatic N) is 3. The highest BCUT2D eigenvalue weighted by Gasteiger charge is 2.23. The maximum absolute atomic E-state index is 13.1. The number of hydrogen-bond acceptors (Lipinski definition) is 9. The average Bonchev–Trinajstić information content (AvgIpc) is 3.59. The van der Waals surface area contributed by atoms with Crippen molar-refractivity contribution in [1.82, 2.24) is 15.2 Å². The number of anilines is 1. The predicted octanol–water partition coefficient (Wildman–Crippen LogP) is 6.38. The van der Waals surface area contributed by atoms with Crippen LogP contribution in [0.15, 0.2) is 58.1 Å². The number of aromatic nitrogens is 3. The topological polar surface area (TPSA) is 103 Å². The standard InChI is InChI=1S/C27H26N4O4S3/c1-5-24-29-30-27(37-24)31-38(32,33)26-21(12-13-36-26)19-8-6-18(7-9-19)15-35-25-16(2)17(3)28-23-11-10-20(34-4)14-22(23)25/h6-14H,5,15H2,1-4H3,(H,30,31). The lowest BCUT2D eigenvalue weighted by Crippen LogP contribution is -2.12. The lowest BCUT2D eigenvalue weighted by molar-refractivity contribution is 0.307. The van der Waals surface area contributed by atoms with Crippen molar-refractivity contribution in [2.45, 2.75) is 38.0 Å². The number of benzene rings is 2.